The first-order valence-corrected chi connectivity index (χ1v) is 16.7. The second kappa shape index (κ2) is 14.9. The third kappa shape index (κ3) is 7.70. The average Bonchev–Trinajstić information content (AvgIpc) is 3.77. The molecular formula is C37H38N2O2S2. The molecule has 2 aromatic heterocycles. The summed E-state index contributed by atoms with van der Waals surface area (Å²) in [5.41, 5.74) is 3.70. The smallest absolute Gasteiger partial charge is 0.258 e. The number of benzene rings is 3. The van der Waals surface area contributed by atoms with Crippen LogP contribution in [0.25, 0.3) is 20.2 Å². The van der Waals surface area contributed by atoms with Crippen molar-refractivity contribution in [3.05, 3.63) is 120 Å². The van der Waals surface area contributed by atoms with E-state index in [2.05, 4.69) is 42.6 Å². The van der Waals surface area contributed by atoms with Crippen LogP contribution in [0.15, 0.2) is 109 Å². The maximum atomic E-state index is 14.0. The molecule has 4 nitrogen and oxygen atoms in total. The Hall–Kier alpha value is -4.00. The summed E-state index contributed by atoms with van der Waals surface area (Å²) in [5, 5.41) is 2.08. The molecule has 2 heterocycles. The van der Waals surface area contributed by atoms with Gasteiger partial charge in [0.25, 0.3) is 11.8 Å². The van der Waals surface area contributed by atoms with Crippen molar-refractivity contribution in [1.29, 1.82) is 0 Å². The normalized spacial score (nSPS) is 10.9. The number of unbranched alkanes of at least 4 members (excludes halogenated alkanes) is 5. The number of para-hydroxylation sites is 1. The number of hydrogen-bond acceptors (Lipinski definition) is 4. The van der Waals surface area contributed by atoms with Gasteiger partial charge >= 0.3 is 0 Å². The molecule has 2 amide bonds. The van der Waals surface area contributed by atoms with Gasteiger partial charge in [-0.15, -0.1) is 22.7 Å². The minimum Gasteiger partial charge on any atom is -0.311 e. The van der Waals surface area contributed by atoms with Gasteiger partial charge in [0.1, 0.15) is 0 Å². The summed E-state index contributed by atoms with van der Waals surface area (Å²) in [6, 6.07) is 33.5. The fourth-order valence-electron chi connectivity index (χ4n) is 5.17. The molecule has 0 aliphatic carbocycles. The predicted octanol–water partition coefficient (Wildman–Crippen LogP) is 10.4. The third-order valence-corrected chi connectivity index (χ3v) is 9.78. The van der Waals surface area contributed by atoms with Crippen molar-refractivity contribution in [2.24, 2.45) is 0 Å². The van der Waals surface area contributed by atoms with Crippen molar-refractivity contribution in [3.63, 3.8) is 0 Å². The standard InChI is InChI=1S/C37H38N2O2S2/c1-3-4-5-6-7-14-23-39(37(41)28-16-10-8-11-17-28)32-26-29(33-21-22-35(43-33)34-20-15-24-42-34)25-30(27-32)36(40)38(2)31-18-12-9-13-19-31/h8-13,15-22,24-27H,3-7,14,23H2,1-2H3. The lowest BCUT2D eigenvalue weighted by Crippen LogP contribution is -2.32. The Balaban J connectivity index is 1.54. The van der Waals surface area contributed by atoms with Crippen molar-refractivity contribution in [1.82, 2.24) is 0 Å². The molecule has 6 heteroatoms. The number of rotatable bonds is 13. The quantitative estimate of drug-likeness (QED) is 0.125. The van der Waals surface area contributed by atoms with Crippen molar-refractivity contribution >= 4 is 45.9 Å². The molecule has 0 aliphatic rings. The molecule has 0 aliphatic heterocycles. The van der Waals surface area contributed by atoms with Gasteiger partial charge in [0.15, 0.2) is 0 Å². The Morgan fingerprint density at radius 2 is 1.33 bits per heavy atom. The Kier molecular flexibility index (Phi) is 10.6. The van der Waals surface area contributed by atoms with E-state index in [1.807, 2.05) is 77.7 Å². The second-order valence-electron chi connectivity index (χ2n) is 10.7. The van der Waals surface area contributed by atoms with Gasteiger partial charge in [-0.25, -0.2) is 0 Å². The molecule has 0 spiro atoms. The van der Waals surface area contributed by atoms with Crippen LogP contribution in [-0.2, 0) is 0 Å². The number of anilines is 2. The number of thiophene rings is 2. The van der Waals surface area contributed by atoms with Crippen molar-refractivity contribution in [2.75, 3.05) is 23.4 Å². The zero-order valence-electron chi connectivity index (χ0n) is 24.9. The van der Waals surface area contributed by atoms with Crippen LogP contribution in [0.4, 0.5) is 11.4 Å². The van der Waals surface area contributed by atoms with Crippen molar-refractivity contribution < 1.29 is 9.59 Å². The van der Waals surface area contributed by atoms with E-state index >= 15 is 0 Å². The van der Waals surface area contributed by atoms with Gasteiger partial charge in [-0.05, 0) is 78.0 Å². The Morgan fingerprint density at radius 3 is 2.05 bits per heavy atom. The van der Waals surface area contributed by atoms with Gasteiger partial charge in [-0.2, -0.15) is 0 Å². The van der Waals surface area contributed by atoms with E-state index in [1.165, 1.54) is 29.0 Å². The Bertz CT molecular complexity index is 1610. The highest BCUT2D eigenvalue weighted by atomic mass is 32.1. The molecule has 43 heavy (non-hydrogen) atoms. The molecule has 0 bridgehead atoms. The number of carbonyl (C=O) groups is 2. The summed E-state index contributed by atoms with van der Waals surface area (Å²) in [4.78, 5) is 34.9. The average molecular weight is 607 g/mol. The fourth-order valence-corrected chi connectivity index (χ4v) is 7.00. The first-order valence-electron chi connectivity index (χ1n) is 15.0. The summed E-state index contributed by atoms with van der Waals surface area (Å²) in [7, 11) is 1.80. The fraction of sp³-hybridized carbons (Fsp3) is 0.243. The topological polar surface area (TPSA) is 40.6 Å². The first kappa shape index (κ1) is 30.5. The van der Waals surface area contributed by atoms with E-state index in [0.29, 0.717) is 17.7 Å². The summed E-state index contributed by atoms with van der Waals surface area (Å²) < 4.78 is 0. The van der Waals surface area contributed by atoms with E-state index in [-0.39, 0.29) is 11.8 Å². The summed E-state index contributed by atoms with van der Waals surface area (Å²) in [6.45, 7) is 2.81. The maximum absolute atomic E-state index is 14.0. The molecule has 0 unspecified atom stereocenters. The van der Waals surface area contributed by atoms with Crippen LogP contribution in [0.1, 0.15) is 66.2 Å². The lowest BCUT2D eigenvalue weighted by atomic mass is 10.0. The van der Waals surface area contributed by atoms with Gasteiger partial charge in [0, 0.05) is 50.7 Å². The third-order valence-electron chi connectivity index (χ3n) is 7.58. The first-order chi connectivity index (χ1) is 21.0. The van der Waals surface area contributed by atoms with E-state index in [4.69, 9.17) is 0 Å². The molecule has 0 radical (unpaired) electrons. The van der Waals surface area contributed by atoms with E-state index in [9.17, 15) is 9.59 Å². The van der Waals surface area contributed by atoms with Gasteiger partial charge in [-0.1, -0.05) is 81.5 Å². The molecule has 220 valence electrons. The molecule has 0 saturated heterocycles. The molecule has 5 aromatic rings. The minimum absolute atomic E-state index is 0.0495. The van der Waals surface area contributed by atoms with Gasteiger partial charge in [0.2, 0.25) is 0 Å². The largest absolute Gasteiger partial charge is 0.311 e. The molecule has 0 saturated carbocycles. The van der Waals surface area contributed by atoms with E-state index < -0.39 is 0 Å². The maximum Gasteiger partial charge on any atom is 0.258 e. The molecule has 0 fully saturated rings. The molecule has 3 aromatic carbocycles. The highest BCUT2D eigenvalue weighted by molar-refractivity contribution is 7.23. The van der Waals surface area contributed by atoms with Gasteiger partial charge in [0.05, 0.1) is 0 Å². The minimum atomic E-state index is -0.115. The lowest BCUT2D eigenvalue weighted by Gasteiger charge is -2.25. The molecule has 5 rings (SSSR count). The number of amides is 2. The summed E-state index contributed by atoms with van der Waals surface area (Å²) >= 11 is 3.42. The zero-order valence-corrected chi connectivity index (χ0v) is 26.5. The SMILES string of the molecule is CCCCCCCCN(C(=O)c1ccccc1)c1cc(C(=O)N(C)c2ccccc2)cc(-c2ccc(-c3cccs3)s2)c1. The van der Waals surface area contributed by atoms with Crippen LogP contribution >= 0.6 is 22.7 Å². The second-order valence-corrected chi connectivity index (χ2v) is 12.7. The van der Waals surface area contributed by atoms with Gasteiger partial charge < -0.3 is 9.80 Å². The van der Waals surface area contributed by atoms with Crippen LogP contribution < -0.4 is 9.80 Å². The summed E-state index contributed by atoms with van der Waals surface area (Å²) in [5.74, 6) is -0.164. The van der Waals surface area contributed by atoms with Crippen molar-refractivity contribution in [2.45, 2.75) is 45.4 Å². The highest BCUT2D eigenvalue weighted by Crippen LogP contribution is 2.38. The van der Waals surface area contributed by atoms with E-state index in [0.717, 1.165) is 41.1 Å². The predicted molar refractivity (Wildman–Crippen MR) is 184 cm³/mol. The molecule has 0 atom stereocenters. The highest BCUT2D eigenvalue weighted by Gasteiger charge is 2.22. The zero-order chi connectivity index (χ0) is 30.0. The number of carbonyl (C=O) groups excluding carboxylic acids is 2. The lowest BCUT2D eigenvalue weighted by molar-refractivity contribution is 0.0978. The van der Waals surface area contributed by atoms with Crippen LogP contribution in [-0.4, -0.2) is 25.4 Å². The number of nitrogens with zero attached hydrogens (tertiary/aromatic N) is 2. The van der Waals surface area contributed by atoms with Crippen LogP contribution in [0, 0.1) is 0 Å². The van der Waals surface area contributed by atoms with Crippen LogP contribution in [0.3, 0.4) is 0 Å². The molecule has 0 N–H and O–H groups in total. The Morgan fingerprint density at radius 1 is 0.628 bits per heavy atom. The van der Waals surface area contributed by atoms with E-state index in [1.54, 1.807) is 34.6 Å². The monoisotopic (exact) mass is 606 g/mol. The summed E-state index contributed by atoms with van der Waals surface area (Å²) in [6.07, 6.45) is 6.79. The molecular weight excluding hydrogens is 569 g/mol. The van der Waals surface area contributed by atoms with Crippen LogP contribution in [0.2, 0.25) is 0 Å². The van der Waals surface area contributed by atoms with Gasteiger partial charge in [-0.3, -0.25) is 9.59 Å². The Labute approximate surface area is 263 Å². The number of hydrogen-bond donors (Lipinski definition) is 0. The van der Waals surface area contributed by atoms with Crippen molar-refractivity contribution in [3.8, 4) is 20.2 Å². The van der Waals surface area contributed by atoms with Crippen LogP contribution in [0.5, 0.6) is 0 Å².